The molecule has 0 saturated carbocycles. The molecule has 17 nitrogen and oxygen atoms in total. The topological polar surface area (TPSA) is 203 Å². The Morgan fingerprint density at radius 3 is 1.89 bits per heavy atom. The maximum absolute atomic E-state index is 14.9. The highest BCUT2D eigenvalue weighted by atomic mass is 16.7. The molecule has 366 valence electrons. The van der Waals surface area contributed by atoms with Gasteiger partial charge in [0.05, 0.1) is 12.5 Å². The standard InChI is InChI=1S/C49H74N6O11/c1-29(2)35(26-30(3)42(60)50-31(27-39(59)64-47(7,8)9)22-25-38(58)66-55-36(56)23-24-37(55)57)53(16)44(62)40(46(4,5)6)51-43(61)41(54(17)45(63)65-48(10,11)12)49(13,14)33-28-52(15)34-21-19-18-20-32(33)34/h18-21,26,28-29,31,35,40-41H,22-25,27H2,1-17H3,(H,50,60)(H,51,61)/b30-26+. The van der Waals surface area contributed by atoms with Crippen molar-refractivity contribution >= 4 is 58.5 Å². The lowest BCUT2D eigenvalue weighted by Gasteiger charge is -2.42. The predicted octanol–water partition coefficient (Wildman–Crippen LogP) is 6.26. The second-order valence-corrected chi connectivity index (χ2v) is 21.3. The number of para-hydroxylation sites is 1. The van der Waals surface area contributed by atoms with Crippen molar-refractivity contribution in [3.8, 4) is 0 Å². The first-order valence-electron chi connectivity index (χ1n) is 22.5. The van der Waals surface area contributed by atoms with E-state index in [0.717, 1.165) is 16.5 Å². The van der Waals surface area contributed by atoms with E-state index >= 15 is 0 Å². The first kappa shape index (κ1) is 54.6. The Morgan fingerprint density at radius 2 is 1.36 bits per heavy atom. The van der Waals surface area contributed by atoms with Gasteiger partial charge >= 0.3 is 18.0 Å². The van der Waals surface area contributed by atoms with E-state index in [1.54, 1.807) is 61.6 Å². The fourth-order valence-electron chi connectivity index (χ4n) is 7.94. The first-order chi connectivity index (χ1) is 30.2. The Kier molecular flexibility index (Phi) is 17.6. The predicted molar refractivity (Wildman–Crippen MR) is 249 cm³/mol. The van der Waals surface area contributed by atoms with Crippen molar-refractivity contribution in [2.75, 3.05) is 14.1 Å². The number of nitrogens with one attached hydrogen (secondary N) is 2. The van der Waals surface area contributed by atoms with E-state index in [1.807, 2.05) is 90.5 Å². The quantitative estimate of drug-likeness (QED) is 0.103. The molecule has 1 aromatic heterocycles. The number of rotatable bonds is 17. The minimum Gasteiger partial charge on any atom is -0.460 e. The van der Waals surface area contributed by atoms with Gasteiger partial charge in [-0.2, -0.15) is 0 Å². The maximum Gasteiger partial charge on any atom is 0.410 e. The number of esters is 1. The molecule has 4 atom stereocenters. The van der Waals surface area contributed by atoms with Gasteiger partial charge in [-0.3, -0.25) is 33.7 Å². The number of hydrogen-bond donors (Lipinski definition) is 2. The van der Waals surface area contributed by atoms with Gasteiger partial charge in [0.1, 0.15) is 23.3 Å². The molecule has 2 heterocycles. The van der Waals surface area contributed by atoms with E-state index in [9.17, 15) is 38.4 Å². The summed E-state index contributed by atoms with van der Waals surface area (Å²) in [6.07, 6.45) is 1.99. The molecule has 0 spiro atoms. The van der Waals surface area contributed by atoms with Gasteiger partial charge in [0.2, 0.25) is 17.7 Å². The second kappa shape index (κ2) is 21.3. The van der Waals surface area contributed by atoms with Gasteiger partial charge < -0.3 is 34.4 Å². The molecule has 0 radical (unpaired) electrons. The summed E-state index contributed by atoms with van der Waals surface area (Å²) in [7, 11) is 5.02. The van der Waals surface area contributed by atoms with Gasteiger partial charge in [0.25, 0.3) is 11.8 Å². The number of amides is 6. The lowest BCUT2D eigenvalue weighted by molar-refractivity contribution is -0.197. The molecule has 2 aromatic rings. The van der Waals surface area contributed by atoms with Crippen molar-refractivity contribution in [1.29, 1.82) is 0 Å². The summed E-state index contributed by atoms with van der Waals surface area (Å²) in [5, 5.41) is 7.18. The van der Waals surface area contributed by atoms with Crippen LogP contribution in [0.3, 0.4) is 0 Å². The molecular weight excluding hydrogens is 849 g/mol. The third-order valence-corrected chi connectivity index (χ3v) is 11.3. The van der Waals surface area contributed by atoms with Crippen molar-refractivity contribution in [2.45, 2.75) is 170 Å². The molecule has 17 heteroatoms. The van der Waals surface area contributed by atoms with Crippen molar-refractivity contribution in [2.24, 2.45) is 18.4 Å². The fraction of sp³-hybridized carbons (Fsp3) is 0.633. The van der Waals surface area contributed by atoms with Crippen molar-refractivity contribution in [1.82, 2.24) is 30.1 Å². The van der Waals surface area contributed by atoms with Crippen molar-refractivity contribution < 1.29 is 52.7 Å². The molecular formula is C49H74N6O11. The Labute approximate surface area is 390 Å². The average Bonchev–Trinajstić information content (AvgIpc) is 3.69. The molecule has 3 rings (SSSR count). The second-order valence-electron chi connectivity index (χ2n) is 21.3. The van der Waals surface area contributed by atoms with Crippen LogP contribution in [0.1, 0.15) is 135 Å². The summed E-state index contributed by atoms with van der Waals surface area (Å²) in [5.74, 6) is -4.64. The number of aromatic nitrogens is 1. The number of carbonyl (C=O) groups excluding carboxylic acids is 8. The Bertz CT molecular complexity index is 2170. The van der Waals surface area contributed by atoms with E-state index in [2.05, 4.69) is 10.6 Å². The molecule has 6 amide bonds. The number of nitrogens with zero attached hydrogens (tertiary/aromatic N) is 4. The van der Waals surface area contributed by atoms with Crippen molar-refractivity contribution in [3.63, 3.8) is 0 Å². The van der Waals surface area contributed by atoms with Crippen LogP contribution in [-0.2, 0) is 60.3 Å². The number of fused-ring (bicyclic) bond motifs is 1. The molecule has 0 bridgehead atoms. The van der Waals surface area contributed by atoms with Crippen LogP contribution < -0.4 is 10.6 Å². The number of ether oxygens (including phenoxy) is 2. The van der Waals surface area contributed by atoms with Gasteiger partial charge in [-0.25, -0.2) is 9.59 Å². The zero-order chi connectivity index (χ0) is 50.4. The number of benzene rings is 1. The summed E-state index contributed by atoms with van der Waals surface area (Å²) in [6.45, 7) is 24.9. The third kappa shape index (κ3) is 14.4. The van der Waals surface area contributed by atoms with Crippen molar-refractivity contribution in [3.05, 3.63) is 47.7 Å². The Hall–Kier alpha value is -5.74. The van der Waals surface area contributed by atoms with Gasteiger partial charge in [-0.05, 0) is 77.8 Å². The molecule has 1 fully saturated rings. The van der Waals surface area contributed by atoms with E-state index in [1.165, 1.54) is 16.8 Å². The number of likely N-dealkylation sites (N-methyl/N-ethyl adjacent to an activating group) is 2. The summed E-state index contributed by atoms with van der Waals surface area (Å²) in [4.78, 5) is 115. The SMILES string of the molecule is C/C(=C\C(C(C)C)N(C)C(=O)C(NC(=O)C(N(C)C(=O)OC(C)(C)C)C(C)(C)c1cn(C)c2ccccc12)C(C)(C)C)C(=O)NC(CCC(=O)ON1C(=O)CCC1=O)CC(=O)OC(C)(C)C. The molecule has 1 aliphatic rings. The van der Waals surface area contributed by atoms with E-state index in [4.69, 9.17) is 14.3 Å². The largest absolute Gasteiger partial charge is 0.460 e. The first-order valence-corrected chi connectivity index (χ1v) is 22.5. The molecule has 2 N–H and O–H groups in total. The summed E-state index contributed by atoms with van der Waals surface area (Å²) < 4.78 is 13.2. The molecule has 1 saturated heterocycles. The zero-order valence-electron chi connectivity index (χ0n) is 42.2. The number of aryl methyl sites for hydroxylation is 1. The van der Waals surface area contributed by atoms with E-state index < -0.39 is 93.8 Å². The number of carbonyl (C=O) groups is 8. The van der Waals surface area contributed by atoms with E-state index in [-0.39, 0.29) is 43.6 Å². The monoisotopic (exact) mass is 923 g/mol. The lowest BCUT2D eigenvalue weighted by Crippen LogP contribution is -2.63. The lowest BCUT2D eigenvalue weighted by atomic mass is 9.76. The highest BCUT2D eigenvalue weighted by Gasteiger charge is 2.47. The number of hydrogen-bond acceptors (Lipinski definition) is 11. The fourth-order valence-corrected chi connectivity index (χ4v) is 7.94. The number of imide groups is 1. The minimum atomic E-state index is -1.16. The van der Waals surface area contributed by atoms with Gasteiger partial charge in [-0.1, -0.05) is 72.7 Å². The van der Waals surface area contributed by atoms with Gasteiger partial charge in [0.15, 0.2) is 0 Å². The normalized spacial score (nSPS) is 15.8. The molecule has 1 aromatic carbocycles. The zero-order valence-corrected chi connectivity index (χ0v) is 42.2. The van der Waals surface area contributed by atoms with Crippen LogP contribution in [0.5, 0.6) is 0 Å². The third-order valence-electron chi connectivity index (χ3n) is 11.3. The highest BCUT2D eigenvalue weighted by Crippen LogP contribution is 2.37. The summed E-state index contributed by atoms with van der Waals surface area (Å²) in [5.41, 5.74) is -1.60. The highest BCUT2D eigenvalue weighted by molar-refractivity contribution is 6.01. The maximum atomic E-state index is 14.9. The average molecular weight is 923 g/mol. The molecule has 0 aliphatic carbocycles. The van der Waals surface area contributed by atoms with Crippen LogP contribution in [0.4, 0.5) is 4.79 Å². The van der Waals surface area contributed by atoms with Crippen LogP contribution in [-0.4, -0.2) is 116 Å². The van der Waals surface area contributed by atoms with Crippen LogP contribution in [0, 0.1) is 11.3 Å². The van der Waals surface area contributed by atoms with Gasteiger partial charge in [0, 0.05) is 74.5 Å². The number of hydroxylamine groups is 2. The van der Waals surface area contributed by atoms with Crippen LogP contribution in [0.15, 0.2) is 42.1 Å². The van der Waals surface area contributed by atoms with Crippen LogP contribution in [0.2, 0.25) is 0 Å². The van der Waals surface area contributed by atoms with Gasteiger partial charge in [-0.15, -0.1) is 5.06 Å². The minimum absolute atomic E-state index is 0.0719. The molecule has 4 unspecified atom stereocenters. The molecule has 1 aliphatic heterocycles. The van der Waals surface area contributed by atoms with Crippen LogP contribution >= 0.6 is 0 Å². The van der Waals surface area contributed by atoms with Crippen LogP contribution in [0.25, 0.3) is 10.9 Å². The van der Waals surface area contributed by atoms with E-state index in [0.29, 0.717) is 5.06 Å². The summed E-state index contributed by atoms with van der Waals surface area (Å²) in [6, 6.07) is 3.92. The smallest absolute Gasteiger partial charge is 0.410 e. The molecule has 66 heavy (non-hydrogen) atoms. The summed E-state index contributed by atoms with van der Waals surface area (Å²) >= 11 is 0. The Balaban J connectivity index is 1.95. The Morgan fingerprint density at radius 1 is 0.803 bits per heavy atom.